The van der Waals surface area contributed by atoms with E-state index in [0.29, 0.717) is 24.6 Å². The third kappa shape index (κ3) is 6.03. The monoisotopic (exact) mass is 307 g/mol. The van der Waals surface area contributed by atoms with Crippen LogP contribution in [0, 0.1) is 0 Å². The van der Waals surface area contributed by atoms with Crippen molar-refractivity contribution in [3.05, 3.63) is 24.3 Å². The summed E-state index contributed by atoms with van der Waals surface area (Å²) in [5, 5.41) is 7.95. The van der Waals surface area contributed by atoms with E-state index < -0.39 is 12.1 Å². The highest BCUT2D eigenvalue weighted by Crippen LogP contribution is 2.23. The van der Waals surface area contributed by atoms with Crippen LogP contribution >= 0.6 is 0 Å². The number of para-hydroxylation sites is 2. The highest BCUT2D eigenvalue weighted by molar-refractivity contribution is 5.94. The molecular formula is C16H25N3O3. The first-order valence-corrected chi connectivity index (χ1v) is 7.65. The number of urea groups is 1. The van der Waals surface area contributed by atoms with Crippen LogP contribution in [0.2, 0.25) is 0 Å². The summed E-state index contributed by atoms with van der Waals surface area (Å²) in [5.41, 5.74) is 0.583. The van der Waals surface area contributed by atoms with Crippen molar-refractivity contribution >= 4 is 17.6 Å². The highest BCUT2D eigenvalue weighted by atomic mass is 16.5. The number of carbonyl (C=O) groups is 2. The zero-order chi connectivity index (χ0) is 16.4. The van der Waals surface area contributed by atoms with E-state index >= 15 is 0 Å². The second kappa shape index (κ2) is 9.65. The van der Waals surface area contributed by atoms with Gasteiger partial charge in [0.1, 0.15) is 11.8 Å². The molecule has 0 saturated carbocycles. The maximum atomic E-state index is 12.0. The number of carbonyl (C=O) groups excluding carboxylic acids is 2. The molecule has 0 heterocycles. The molecule has 0 bridgehead atoms. The van der Waals surface area contributed by atoms with Crippen LogP contribution in [0.1, 0.15) is 33.6 Å². The minimum absolute atomic E-state index is 0.217. The minimum atomic E-state index is -0.604. The van der Waals surface area contributed by atoms with Gasteiger partial charge in [-0.1, -0.05) is 25.5 Å². The number of benzene rings is 1. The number of ether oxygens (including phenoxy) is 1. The molecule has 1 atom stereocenters. The summed E-state index contributed by atoms with van der Waals surface area (Å²) in [5.74, 6) is 0.405. The zero-order valence-electron chi connectivity index (χ0n) is 13.4. The van der Waals surface area contributed by atoms with Gasteiger partial charge in [0.25, 0.3) is 0 Å². The molecular weight excluding hydrogens is 282 g/mol. The first kappa shape index (κ1) is 17.8. The molecule has 3 amide bonds. The molecule has 0 aromatic heterocycles. The topological polar surface area (TPSA) is 79.5 Å². The second-order valence-corrected chi connectivity index (χ2v) is 4.91. The lowest BCUT2D eigenvalue weighted by Gasteiger charge is -2.16. The van der Waals surface area contributed by atoms with Crippen LogP contribution < -0.4 is 20.7 Å². The quantitative estimate of drug-likeness (QED) is 0.646. The summed E-state index contributed by atoms with van der Waals surface area (Å²) in [7, 11) is 0. The third-order valence-corrected chi connectivity index (χ3v) is 2.98. The maximum Gasteiger partial charge on any atom is 0.319 e. The molecule has 0 spiro atoms. The highest BCUT2D eigenvalue weighted by Gasteiger charge is 2.15. The van der Waals surface area contributed by atoms with Gasteiger partial charge in [-0.3, -0.25) is 4.79 Å². The molecule has 1 aromatic rings. The normalized spacial score (nSPS) is 11.4. The fourth-order valence-corrected chi connectivity index (χ4v) is 1.77. The van der Waals surface area contributed by atoms with Crippen molar-refractivity contribution in [3.63, 3.8) is 0 Å². The summed E-state index contributed by atoms with van der Waals surface area (Å²) >= 11 is 0. The van der Waals surface area contributed by atoms with Crippen LogP contribution in [0.15, 0.2) is 24.3 Å². The maximum absolute atomic E-state index is 12.0. The van der Waals surface area contributed by atoms with Crippen LogP contribution in [0.4, 0.5) is 10.5 Å². The fourth-order valence-electron chi connectivity index (χ4n) is 1.77. The average Bonchev–Trinajstić information content (AvgIpc) is 2.49. The molecule has 0 aliphatic rings. The Morgan fingerprint density at radius 3 is 2.64 bits per heavy atom. The summed E-state index contributed by atoms with van der Waals surface area (Å²) in [6.45, 7) is 6.68. The Hall–Kier alpha value is -2.24. The molecule has 0 radical (unpaired) electrons. The largest absolute Gasteiger partial charge is 0.491 e. The van der Waals surface area contributed by atoms with Gasteiger partial charge in [0.2, 0.25) is 5.91 Å². The van der Waals surface area contributed by atoms with Crippen molar-refractivity contribution in [2.45, 2.75) is 39.7 Å². The van der Waals surface area contributed by atoms with Crippen molar-refractivity contribution < 1.29 is 14.3 Å². The zero-order valence-corrected chi connectivity index (χ0v) is 13.4. The predicted molar refractivity (Wildman–Crippen MR) is 87.1 cm³/mol. The Bertz CT molecular complexity index is 491. The number of amides is 3. The standard InChI is InChI=1S/C16H25N3O3/c1-4-6-11-22-14-10-8-7-9-13(14)19-16(21)18-12(3)15(20)17-5-2/h7-10,12H,4-6,11H2,1-3H3,(H,17,20)(H2,18,19,21). The summed E-state index contributed by atoms with van der Waals surface area (Å²) < 4.78 is 5.65. The van der Waals surface area contributed by atoms with Crippen molar-refractivity contribution in [1.82, 2.24) is 10.6 Å². The van der Waals surface area contributed by atoms with Crippen molar-refractivity contribution in [1.29, 1.82) is 0 Å². The van der Waals surface area contributed by atoms with E-state index in [1.807, 2.05) is 19.1 Å². The van der Waals surface area contributed by atoms with E-state index in [1.165, 1.54) is 0 Å². The third-order valence-electron chi connectivity index (χ3n) is 2.98. The van der Waals surface area contributed by atoms with Crippen LogP contribution in [-0.2, 0) is 4.79 Å². The molecule has 1 aromatic carbocycles. The Morgan fingerprint density at radius 2 is 1.95 bits per heavy atom. The Kier molecular flexibility index (Phi) is 7.81. The van der Waals surface area contributed by atoms with Gasteiger partial charge >= 0.3 is 6.03 Å². The predicted octanol–water partition coefficient (Wildman–Crippen LogP) is 2.51. The smallest absolute Gasteiger partial charge is 0.319 e. The molecule has 0 fully saturated rings. The first-order chi connectivity index (χ1) is 10.6. The van der Waals surface area contributed by atoms with E-state index in [-0.39, 0.29) is 5.91 Å². The van der Waals surface area contributed by atoms with Gasteiger partial charge in [-0.25, -0.2) is 4.79 Å². The van der Waals surface area contributed by atoms with Crippen LogP contribution in [0.25, 0.3) is 0 Å². The summed E-state index contributed by atoms with van der Waals surface area (Å²) in [4.78, 5) is 23.5. The van der Waals surface area contributed by atoms with E-state index in [1.54, 1.807) is 19.1 Å². The fraction of sp³-hybridized carbons (Fsp3) is 0.500. The summed E-state index contributed by atoms with van der Waals surface area (Å²) in [6.07, 6.45) is 1.99. The molecule has 0 saturated heterocycles. The Balaban J connectivity index is 2.58. The molecule has 6 nitrogen and oxygen atoms in total. The molecule has 1 unspecified atom stereocenters. The van der Waals surface area contributed by atoms with Crippen molar-refractivity contribution in [2.24, 2.45) is 0 Å². The van der Waals surface area contributed by atoms with Crippen molar-refractivity contribution in [3.8, 4) is 5.75 Å². The van der Waals surface area contributed by atoms with Crippen LogP contribution in [-0.4, -0.2) is 31.1 Å². The number of anilines is 1. The lowest BCUT2D eigenvalue weighted by molar-refractivity contribution is -0.122. The SMILES string of the molecule is CCCCOc1ccccc1NC(=O)NC(C)C(=O)NCC. The average molecular weight is 307 g/mol. The molecule has 6 heteroatoms. The first-order valence-electron chi connectivity index (χ1n) is 7.65. The molecule has 0 aliphatic heterocycles. The molecule has 0 aliphatic carbocycles. The number of likely N-dealkylation sites (N-methyl/N-ethyl adjacent to an activating group) is 1. The van der Waals surface area contributed by atoms with Gasteiger partial charge in [0.15, 0.2) is 0 Å². The van der Waals surface area contributed by atoms with Gasteiger partial charge in [-0.15, -0.1) is 0 Å². The van der Waals surface area contributed by atoms with Gasteiger partial charge < -0.3 is 20.7 Å². The van der Waals surface area contributed by atoms with Gasteiger partial charge in [-0.2, -0.15) is 0 Å². The van der Waals surface area contributed by atoms with E-state index in [0.717, 1.165) is 12.8 Å². The minimum Gasteiger partial charge on any atom is -0.491 e. The molecule has 1 rings (SSSR count). The van der Waals surface area contributed by atoms with Gasteiger partial charge in [-0.05, 0) is 32.4 Å². The van der Waals surface area contributed by atoms with E-state index in [4.69, 9.17) is 4.74 Å². The lowest BCUT2D eigenvalue weighted by atomic mass is 10.3. The van der Waals surface area contributed by atoms with Crippen LogP contribution in [0.3, 0.4) is 0 Å². The number of hydrogen-bond acceptors (Lipinski definition) is 3. The van der Waals surface area contributed by atoms with E-state index in [9.17, 15) is 9.59 Å². The molecule has 122 valence electrons. The van der Waals surface area contributed by atoms with E-state index in [2.05, 4.69) is 22.9 Å². The summed E-state index contributed by atoms with van der Waals surface area (Å²) in [6, 6.07) is 6.19. The number of nitrogens with one attached hydrogen (secondary N) is 3. The number of hydrogen-bond donors (Lipinski definition) is 3. The number of unbranched alkanes of at least 4 members (excludes halogenated alkanes) is 1. The molecule has 3 N–H and O–H groups in total. The lowest BCUT2D eigenvalue weighted by Crippen LogP contribution is -2.46. The molecule has 22 heavy (non-hydrogen) atoms. The Morgan fingerprint density at radius 1 is 1.23 bits per heavy atom. The second-order valence-electron chi connectivity index (χ2n) is 4.91. The van der Waals surface area contributed by atoms with Gasteiger partial charge in [0, 0.05) is 6.54 Å². The Labute approximate surface area is 131 Å². The number of rotatable bonds is 8. The van der Waals surface area contributed by atoms with Crippen LogP contribution in [0.5, 0.6) is 5.75 Å². The van der Waals surface area contributed by atoms with Gasteiger partial charge in [0.05, 0.1) is 12.3 Å². The van der Waals surface area contributed by atoms with Crippen molar-refractivity contribution in [2.75, 3.05) is 18.5 Å².